The van der Waals surface area contributed by atoms with E-state index in [0.29, 0.717) is 11.6 Å². The number of aromatic nitrogens is 1. The van der Waals surface area contributed by atoms with Gasteiger partial charge in [0.25, 0.3) is 5.91 Å². The Bertz CT molecular complexity index is 750. The van der Waals surface area contributed by atoms with Crippen LogP contribution in [0.2, 0.25) is 0 Å². The van der Waals surface area contributed by atoms with Crippen LogP contribution in [0.4, 0.5) is 11.4 Å². The van der Waals surface area contributed by atoms with Crippen molar-refractivity contribution in [3.63, 3.8) is 0 Å². The fourth-order valence-electron chi connectivity index (χ4n) is 3.19. The number of benzene rings is 1. The van der Waals surface area contributed by atoms with Gasteiger partial charge in [0.2, 0.25) is 0 Å². The molecule has 0 aliphatic carbocycles. The van der Waals surface area contributed by atoms with Gasteiger partial charge in [0, 0.05) is 18.8 Å². The number of nitrogens with one attached hydrogen (secondary N) is 2. The number of amides is 1. The molecule has 2 heterocycles. The first-order valence-corrected chi connectivity index (χ1v) is 9.27. The van der Waals surface area contributed by atoms with Crippen LogP contribution in [0.15, 0.2) is 36.5 Å². The average molecular weight is 353 g/mol. The Morgan fingerprint density at radius 3 is 2.81 bits per heavy atom. The molecule has 5 nitrogen and oxygen atoms in total. The Labute approximate surface area is 155 Å². The van der Waals surface area contributed by atoms with E-state index in [2.05, 4.69) is 35.5 Å². The van der Waals surface area contributed by atoms with Gasteiger partial charge in [0.05, 0.1) is 18.0 Å². The molecule has 1 aromatic heterocycles. The summed E-state index contributed by atoms with van der Waals surface area (Å²) in [6, 6.07) is 9.72. The highest BCUT2D eigenvalue weighted by molar-refractivity contribution is 6.03. The van der Waals surface area contributed by atoms with Gasteiger partial charge < -0.3 is 15.4 Å². The number of carbonyl (C=O) groups excluding carboxylic acids is 1. The van der Waals surface area contributed by atoms with E-state index < -0.39 is 0 Å². The molecule has 3 rings (SSSR count). The van der Waals surface area contributed by atoms with Crippen molar-refractivity contribution >= 4 is 17.3 Å². The van der Waals surface area contributed by atoms with Crippen LogP contribution in [-0.4, -0.2) is 30.1 Å². The predicted molar refractivity (Wildman–Crippen MR) is 105 cm³/mol. The van der Waals surface area contributed by atoms with E-state index in [9.17, 15) is 4.79 Å². The number of para-hydroxylation sites is 1. The lowest BCUT2D eigenvalue weighted by Crippen LogP contribution is -2.19. The van der Waals surface area contributed by atoms with Crippen molar-refractivity contribution in [2.75, 3.05) is 23.8 Å². The van der Waals surface area contributed by atoms with Crippen LogP contribution in [0.5, 0.6) is 0 Å². The minimum Gasteiger partial charge on any atom is -0.381 e. The molecule has 0 saturated carbocycles. The lowest BCUT2D eigenvalue weighted by atomic mass is 9.98. The summed E-state index contributed by atoms with van der Waals surface area (Å²) < 4.78 is 5.60. The lowest BCUT2D eigenvalue weighted by Gasteiger charge is -2.16. The van der Waals surface area contributed by atoms with E-state index in [1.54, 1.807) is 12.3 Å². The minimum absolute atomic E-state index is 0.188. The number of aryl methyl sites for hydroxylation is 1. The quantitative estimate of drug-likeness (QED) is 0.810. The zero-order valence-electron chi connectivity index (χ0n) is 15.7. The second-order valence-corrected chi connectivity index (χ2v) is 7.10. The van der Waals surface area contributed by atoms with Crippen LogP contribution < -0.4 is 10.6 Å². The normalized spacial score (nSPS) is 16.7. The van der Waals surface area contributed by atoms with Crippen molar-refractivity contribution in [3.8, 4) is 0 Å². The molecule has 1 saturated heterocycles. The Kier molecular flexibility index (Phi) is 5.89. The number of anilines is 2. The zero-order chi connectivity index (χ0) is 18.5. The van der Waals surface area contributed by atoms with E-state index in [0.717, 1.165) is 48.5 Å². The molecule has 1 aliphatic rings. The molecule has 1 aromatic carbocycles. The van der Waals surface area contributed by atoms with Crippen molar-refractivity contribution in [1.29, 1.82) is 0 Å². The first-order chi connectivity index (χ1) is 12.5. The van der Waals surface area contributed by atoms with Gasteiger partial charge in [-0.2, -0.15) is 0 Å². The van der Waals surface area contributed by atoms with Crippen molar-refractivity contribution in [1.82, 2.24) is 4.98 Å². The minimum atomic E-state index is -0.188. The van der Waals surface area contributed by atoms with E-state index in [-0.39, 0.29) is 12.0 Å². The monoisotopic (exact) mass is 353 g/mol. The fourth-order valence-corrected chi connectivity index (χ4v) is 3.19. The predicted octanol–water partition coefficient (Wildman–Crippen LogP) is 4.36. The highest BCUT2D eigenvalue weighted by Gasteiger charge is 2.16. The van der Waals surface area contributed by atoms with Crippen LogP contribution in [0.25, 0.3) is 0 Å². The number of rotatable bonds is 6. The first kappa shape index (κ1) is 18.4. The lowest BCUT2D eigenvalue weighted by molar-refractivity contribution is 0.102. The van der Waals surface area contributed by atoms with Crippen LogP contribution >= 0.6 is 0 Å². The first-order valence-electron chi connectivity index (χ1n) is 9.27. The maximum Gasteiger partial charge on any atom is 0.274 e. The molecule has 0 bridgehead atoms. The molecule has 138 valence electrons. The number of hydrogen-bond donors (Lipinski definition) is 2. The van der Waals surface area contributed by atoms with E-state index in [1.807, 2.05) is 25.1 Å². The van der Waals surface area contributed by atoms with Gasteiger partial charge in [-0.1, -0.05) is 32.0 Å². The molecular formula is C21H27N3O2. The Balaban J connectivity index is 1.65. The molecule has 1 unspecified atom stereocenters. The summed E-state index contributed by atoms with van der Waals surface area (Å²) in [6.45, 7) is 7.87. The molecule has 1 fully saturated rings. The summed E-state index contributed by atoms with van der Waals surface area (Å²) in [5.41, 5.74) is 4.38. The fraction of sp³-hybridized carbons (Fsp3) is 0.429. The number of carbonyl (C=O) groups is 1. The Hall–Kier alpha value is -2.40. The van der Waals surface area contributed by atoms with Crippen LogP contribution in [0.3, 0.4) is 0 Å². The summed E-state index contributed by atoms with van der Waals surface area (Å²) in [7, 11) is 0. The van der Waals surface area contributed by atoms with E-state index in [1.165, 1.54) is 0 Å². The maximum absolute atomic E-state index is 12.6. The van der Waals surface area contributed by atoms with Crippen molar-refractivity contribution in [3.05, 3.63) is 53.3 Å². The van der Waals surface area contributed by atoms with E-state index >= 15 is 0 Å². The summed E-state index contributed by atoms with van der Waals surface area (Å²) in [4.78, 5) is 16.9. The highest BCUT2D eigenvalue weighted by atomic mass is 16.5. The molecule has 0 radical (unpaired) electrons. The molecular weight excluding hydrogens is 326 g/mol. The van der Waals surface area contributed by atoms with Crippen LogP contribution in [0, 0.1) is 6.92 Å². The van der Waals surface area contributed by atoms with Gasteiger partial charge in [-0.15, -0.1) is 0 Å². The third-order valence-electron chi connectivity index (χ3n) is 4.72. The standard InChI is InChI=1S/C21H27N3O2/c1-14(2)18-8-4-6-15(3)20(18)24-21(25)19-10-9-16(12-23-19)22-13-17-7-5-11-26-17/h4,6,8-10,12,14,17,22H,5,7,11,13H2,1-3H3,(H,24,25). The molecule has 1 atom stereocenters. The summed E-state index contributed by atoms with van der Waals surface area (Å²) in [5, 5.41) is 6.35. The van der Waals surface area contributed by atoms with Crippen molar-refractivity contribution in [2.45, 2.75) is 45.6 Å². The number of pyridine rings is 1. The molecule has 5 heteroatoms. The summed E-state index contributed by atoms with van der Waals surface area (Å²) >= 11 is 0. The van der Waals surface area contributed by atoms with Crippen molar-refractivity contribution < 1.29 is 9.53 Å². The molecule has 1 amide bonds. The Morgan fingerprint density at radius 1 is 1.31 bits per heavy atom. The van der Waals surface area contributed by atoms with Crippen LogP contribution in [-0.2, 0) is 4.74 Å². The maximum atomic E-state index is 12.6. The number of hydrogen-bond acceptors (Lipinski definition) is 4. The van der Waals surface area contributed by atoms with Gasteiger partial charge in [-0.05, 0) is 48.9 Å². The third kappa shape index (κ3) is 4.41. The average Bonchev–Trinajstić information content (AvgIpc) is 3.15. The molecule has 26 heavy (non-hydrogen) atoms. The van der Waals surface area contributed by atoms with Gasteiger partial charge in [0.1, 0.15) is 5.69 Å². The smallest absolute Gasteiger partial charge is 0.274 e. The Morgan fingerprint density at radius 2 is 2.15 bits per heavy atom. The summed E-state index contributed by atoms with van der Waals surface area (Å²) in [5.74, 6) is 0.148. The van der Waals surface area contributed by atoms with Gasteiger partial charge in [0.15, 0.2) is 0 Å². The summed E-state index contributed by atoms with van der Waals surface area (Å²) in [6.07, 6.45) is 4.19. The topological polar surface area (TPSA) is 63.2 Å². The van der Waals surface area contributed by atoms with Gasteiger partial charge in [-0.25, -0.2) is 4.98 Å². The SMILES string of the molecule is Cc1cccc(C(C)C)c1NC(=O)c1ccc(NCC2CCCO2)cn1. The van der Waals surface area contributed by atoms with Crippen molar-refractivity contribution in [2.24, 2.45) is 0 Å². The molecule has 2 N–H and O–H groups in total. The van der Waals surface area contributed by atoms with E-state index in [4.69, 9.17) is 4.74 Å². The second-order valence-electron chi connectivity index (χ2n) is 7.10. The van der Waals surface area contributed by atoms with Gasteiger partial charge >= 0.3 is 0 Å². The second kappa shape index (κ2) is 8.32. The zero-order valence-corrected chi connectivity index (χ0v) is 15.7. The largest absolute Gasteiger partial charge is 0.381 e. The number of ether oxygens (including phenoxy) is 1. The molecule has 2 aromatic rings. The number of nitrogens with zero attached hydrogens (tertiary/aromatic N) is 1. The highest BCUT2D eigenvalue weighted by Crippen LogP contribution is 2.27. The molecule has 0 spiro atoms. The van der Waals surface area contributed by atoms with Gasteiger partial charge in [-0.3, -0.25) is 4.79 Å². The third-order valence-corrected chi connectivity index (χ3v) is 4.72. The molecule has 1 aliphatic heterocycles. The van der Waals surface area contributed by atoms with Crippen LogP contribution in [0.1, 0.15) is 54.2 Å².